The molecule has 5 rings (SSSR count). The lowest BCUT2D eigenvalue weighted by atomic mass is 10.0. The number of ether oxygens (including phenoxy) is 1. The molecule has 0 aliphatic carbocycles. The maximum Gasteiger partial charge on any atom is 0.254 e. The van der Waals surface area contributed by atoms with E-state index in [0.717, 1.165) is 35.5 Å². The molecule has 188 valence electrons. The zero-order chi connectivity index (χ0) is 26.2. The van der Waals surface area contributed by atoms with Crippen LogP contribution in [0.5, 0.6) is 11.5 Å². The molecule has 0 radical (unpaired) electrons. The van der Waals surface area contributed by atoms with Gasteiger partial charge in [0.25, 0.3) is 5.91 Å². The molecule has 0 bridgehead atoms. The number of aromatic nitrogens is 2. The lowest BCUT2D eigenvalue weighted by Crippen LogP contribution is -2.26. The highest BCUT2D eigenvalue weighted by Gasteiger charge is 2.30. The molecule has 7 heteroatoms. The first-order valence-electron chi connectivity index (χ1n) is 12.1. The van der Waals surface area contributed by atoms with Gasteiger partial charge < -0.3 is 21.1 Å². The SMILES string of the molecule is C=CC=C.CNc1ccc(C2CCNc3c(C(N)=O)c(-c4ccc(Oc5ccccc5)cc4)nn32)cc1. The van der Waals surface area contributed by atoms with Crippen molar-refractivity contribution in [3.8, 4) is 22.8 Å². The highest BCUT2D eigenvalue weighted by Crippen LogP contribution is 2.37. The topological polar surface area (TPSA) is 94.2 Å². The van der Waals surface area contributed by atoms with E-state index >= 15 is 0 Å². The van der Waals surface area contributed by atoms with Gasteiger partial charge >= 0.3 is 0 Å². The summed E-state index contributed by atoms with van der Waals surface area (Å²) >= 11 is 0. The number of benzene rings is 3. The monoisotopic (exact) mass is 493 g/mol. The molecule has 2 heterocycles. The average Bonchev–Trinajstić information content (AvgIpc) is 3.34. The van der Waals surface area contributed by atoms with Crippen LogP contribution in [0, 0.1) is 0 Å². The Morgan fingerprint density at radius 3 is 2.27 bits per heavy atom. The molecule has 0 fully saturated rings. The first kappa shape index (κ1) is 25.3. The van der Waals surface area contributed by atoms with Crippen molar-refractivity contribution in [2.75, 3.05) is 24.2 Å². The van der Waals surface area contributed by atoms with Crippen LogP contribution in [0.1, 0.15) is 28.4 Å². The molecule has 7 nitrogen and oxygen atoms in total. The highest BCUT2D eigenvalue weighted by molar-refractivity contribution is 6.03. The number of carbonyl (C=O) groups excluding carboxylic acids is 1. The lowest BCUT2D eigenvalue weighted by Gasteiger charge is -2.26. The van der Waals surface area contributed by atoms with Crippen molar-refractivity contribution < 1.29 is 9.53 Å². The molecule has 1 aliphatic heterocycles. The number of allylic oxidation sites excluding steroid dienone is 2. The van der Waals surface area contributed by atoms with E-state index in [0.29, 0.717) is 22.8 Å². The van der Waals surface area contributed by atoms with Crippen LogP contribution in [0.25, 0.3) is 11.3 Å². The fourth-order valence-corrected chi connectivity index (χ4v) is 4.20. The molecule has 37 heavy (non-hydrogen) atoms. The molecule has 4 N–H and O–H groups in total. The number of hydrogen-bond acceptors (Lipinski definition) is 5. The molecule has 1 amide bonds. The molecule has 3 aromatic carbocycles. The van der Waals surface area contributed by atoms with Crippen LogP contribution in [0.2, 0.25) is 0 Å². The summed E-state index contributed by atoms with van der Waals surface area (Å²) < 4.78 is 7.78. The van der Waals surface area contributed by atoms with Crippen molar-refractivity contribution in [2.24, 2.45) is 5.73 Å². The summed E-state index contributed by atoms with van der Waals surface area (Å²) in [4.78, 5) is 12.5. The summed E-state index contributed by atoms with van der Waals surface area (Å²) in [5.41, 5.74) is 9.76. The molecule has 4 aromatic rings. The second-order valence-corrected chi connectivity index (χ2v) is 8.40. The molecule has 1 unspecified atom stereocenters. The number of nitrogens with two attached hydrogens (primary N) is 1. The summed E-state index contributed by atoms with van der Waals surface area (Å²) in [5.74, 6) is 1.62. The van der Waals surface area contributed by atoms with Crippen molar-refractivity contribution in [2.45, 2.75) is 12.5 Å². The number of anilines is 2. The summed E-state index contributed by atoms with van der Waals surface area (Å²) in [6.07, 6.45) is 4.13. The molecule has 0 spiro atoms. The number of hydrogen-bond donors (Lipinski definition) is 3. The van der Waals surface area contributed by atoms with Crippen molar-refractivity contribution in [3.63, 3.8) is 0 Å². The first-order valence-corrected chi connectivity index (χ1v) is 12.1. The van der Waals surface area contributed by atoms with Gasteiger partial charge in [0, 0.05) is 24.8 Å². The molecule has 1 aromatic heterocycles. The van der Waals surface area contributed by atoms with Gasteiger partial charge in [0.2, 0.25) is 0 Å². The van der Waals surface area contributed by atoms with E-state index in [2.05, 4.69) is 35.9 Å². The predicted molar refractivity (Wildman–Crippen MR) is 150 cm³/mol. The van der Waals surface area contributed by atoms with E-state index < -0.39 is 5.91 Å². The Labute approximate surface area is 217 Å². The normalized spacial score (nSPS) is 13.7. The number of nitrogens with one attached hydrogen (secondary N) is 2. The van der Waals surface area contributed by atoms with E-state index in [4.69, 9.17) is 15.6 Å². The fourth-order valence-electron chi connectivity index (χ4n) is 4.20. The molecular weight excluding hydrogens is 462 g/mol. The highest BCUT2D eigenvalue weighted by atomic mass is 16.5. The van der Waals surface area contributed by atoms with E-state index in [1.807, 2.05) is 78.5 Å². The maximum absolute atomic E-state index is 12.5. The Kier molecular flexibility index (Phi) is 8.05. The Balaban J connectivity index is 0.000000747. The number of rotatable bonds is 7. The van der Waals surface area contributed by atoms with Gasteiger partial charge in [-0.2, -0.15) is 5.10 Å². The van der Waals surface area contributed by atoms with Crippen molar-refractivity contribution in [1.82, 2.24) is 9.78 Å². The molecular formula is C30H31N5O2. The second kappa shape index (κ2) is 11.8. The number of para-hydroxylation sites is 1. The van der Waals surface area contributed by atoms with Crippen LogP contribution in [0.3, 0.4) is 0 Å². The first-order chi connectivity index (χ1) is 18.0. The van der Waals surface area contributed by atoms with Crippen LogP contribution >= 0.6 is 0 Å². The summed E-state index contributed by atoms with van der Waals surface area (Å²) in [7, 11) is 1.90. The smallest absolute Gasteiger partial charge is 0.254 e. The van der Waals surface area contributed by atoms with Crippen LogP contribution in [-0.4, -0.2) is 29.3 Å². The van der Waals surface area contributed by atoms with E-state index in [1.54, 1.807) is 12.2 Å². The zero-order valence-corrected chi connectivity index (χ0v) is 20.9. The van der Waals surface area contributed by atoms with Crippen LogP contribution in [-0.2, 0) is 0 Å². The third-order valence-electron chi connectivity index (χ3n) is 6.02. The minimum atomic E-state index is -0.505. The quantitative estimate of drug-likeness (QED) is 0.265. The standard InChI is InChI=1S/C26H25N5O2.C4H6/c1-28-19-11-7-17(8-12-19)22-15-16-29-26-23(25(27)32)24(30-31(22)26)18-9-13-21(14-10-18)33-20-5-3-2-4-6-20;1-3-4-2/h2-14,22,28-29H,15-16H2,1H3,(H2,27,32);3-4H,1-2H2. The van der Waals surface area contributed by atoms with E-state index in [9.17, 15) is 4.79 Å². The fraction of sp³-hybridized carbons (Fsp3) is 0.133. The minimum absolute atomic E-state index is 0.0136. The van der Waals surface area contributed by atoms with Crippen molar-refractivity contribution >= 4 is 17.4 Å². The van der Waals surface area contributed by atoms with Gasteiger partial charge in [-0.3, -0.25) is 4.79 Å². The number of fused-ring (bicyclic) bond motifs is 1. The van der Waals surface area contributed by atoms with Gasteiger partial charge in [-0.05, 0) is 60.5 Å². The summed E-state index contributed by atoms with van der Waals surface area (Å²) in [6.45, 7) is 7.45. The molecule has 1 atom stereocenters. The van der Waals surface area contributed by atoms with E-state index in [-0.39, 0.29) is 6.04 Å². The van der Waals surface area contributed by atoms with Gasteiger partial charge in [0.1, 0.15) is 28.6 Å². The number of carbonyl (C=O) groups is 1. The average molecular weight is 494 g/mol. The molecule has 0 saturated heterocycles. The van der Waals surface area contributed by atoms with Crippen LogP contribution in [0.4, 0.5) is 11.5 Å². The third kappa shape index (κ3) is 5.73. The van der Waals surface area contributed by atoms with E-state index in [1.165, 1.54) is 0 Å². The molecule has 0 saturated carbocycles. The molecule has 1 aliphatic rings. The Hall–Kier alpha value is -4.78. The third-order valence-corrected chi connectivity index (χ3v) is 6.02. The van der Waals surface area contributed by atoms with Crippen LogP contribution < -0.4 is 21.1 Å². The van der Waals surface area contributed by atoms with Gasteiger partial charge in [-0.25, -0.2) is 4.68 Å². The van der Waals surface area contributed by atoms with Gasteiger partial charge in [0.05, 0.1) is 6.04 Å². The maximum atomic E-state index is 12.5. The zero-order valence-electron chi connectivity index (χ0n) is 20.9. The number of primary amides is 1. The summed E-state index contributed by atoms with van der Waals surface area (Å²) in [5, 5.41) is 11.3. The lowest BCUT2D eigenvalue weighted by molar-refractivity contribution is 0.100. The van der Waals surface area contributed by atoms with Gasteiger partial charge in [-0.1, -0.05) is 55.6 Å². The van der Waals surface area contributed by atoms with Gasteiger partial charge in [-0.15, -0.1) is 0 Å². The minimum Gasteiger partial charge on any atom is -0.457 e. The predicted octanol–water partition coefficient (Wildman–Crippen LogP) is 6.25. The van der Waals surface area contributed by atoms with Crippen LogP contribution in [0.15, 0.2) is 104 Å². The summed E-state index contributed by atoms with van der Waals surface area (Å²) in [6, 6.07) is 25.4. The Bertz CT molecular complexity index is 1350. The van der Waals surface area contributed by atoms with Crippen molar-refractivity contribution in [1.29, 1.82) is 0 Å². The van der Waals surface area contributed by atoms with Crippen molar-refractivity contribution in [3.05, 3.63) is 115 Å². The largest absolute Gasteiger partial charge is 0.457 e. The Morgan fingerprint density at radius 2 is 1.68 bits per heavy atom. The Morgan fingerprint density at radius 1 is 1.03 bits per heavy atom. The van der Waals surface area contributed by atoms with Gasteiger partial charge in [0.15, 0.2) is 0 Å². The second-order valence-electron chi connectivity index (χ2n) is 8.40. The number of nitrogens with zero attached hydrogens (tertiary/aromatic N) is 2. The number of amides is 1.